The van der Waals surface area contributed by atoms with Gasteiger partial charge in [-0.15, -0.1) is 0 Å². The minimum Gasteiger partial charge on any atom is -0.494 e. The molecular weight excluding hydrogens is 548 g/mol. The van der Waals surface area contributed by atoms with Crippen molar-refractivity contribution in [3.05, 3.63) is 71.8 Å². The zero-order chi connectivity index (χ0) is 31.7. The van der Waals surface area contributed by atoms with E-state index in [1.54, 1.807) is 5.56 Å². The van der Waals surface area contributed by atoms with Crippen LogP contribution in [-0.2, 0) is 5.41 Å². The maximum atomic E-state index is 6.51. The first kappa shape index (κ1) is 35.1. The Hall–Kier alpha value is -2.74. The molecule has 0 saturated carbocycles. The molecule has 2 heteroatoms. The van der Waals surface area contributed by atoms with Crippen LogP contribution >= 0.6 is 0 Å². The highest BCUT2D eigenvalue weighted by molar-refractivity contribution is 5.85. The summed E-state index contributed by atoms with van der Waals surface area (Å²) in [6, 6.07) is 23.1. The molecule has 0 spiro atoms. The van der Waals surface area contributed by atoms with Crippen molar-refractivity contribution >= 4 is 0 Å². The van der Waals surface area contributed by atoms with Gasteiger partial charge in [0.1, 0.15) is 11.5 Å². The second-order valence-electron chi connectivity index (χ2n) is 13.5. The van der Waals surface area contributed by atoms with Crippen LogP contribution in [0.4, 0.5) is 0 Å². The highest BCUT2D eigenvalue weighted by atomic mass is 16.5. The molecule has 0 heterocycles. The summed E-state index contributed by atoms with van der Waals surface area (Å²) in [6.07, 6.45) is 22.6. The molecule has 0 saturated heterocycles. The predicted molar refractivity (Wildman–Crippen MR) is 195 cm³/mol. The van der Waals surface area contributed by atoms with E-state index >= 15 is 0 Å². The van der Waals surface area contributed by atoms with Gasteiger partial charge < -0.3 is 9.47 Å². The van der Waals surface area contributed by atoms with Crippen LogP contribution < -0.4 is 9.47 Å². The molecule has 2 nitrogen and oxygen atoms in total. The Morgan fingerprint density at radius 1 is 0.467 bits per heavy atom. The monoisotopic (exact) mass is 610 g/mol. The first-order chi connectivity index (χ1) is 22.2. The number of fused-ring (bicyclic) bond motifs is 3. The Balaban J connectivity index is 1.72. The molecular formula is C43H62O2. The third-order valence-electron chi connectivity index (χ3n) is 9.97. The summed E-state index contributed by atoms with van der Waals surface area (Å²) in [7, 11) is 0. The third kappa shape index (κ3) is 9.40. The van der Waals surface area contributed by atoms with Gasteiger partial charge in [0.05, 0.1) is 13.2 Å². The van der Waals surface area contributed by atoms with Crippen LogP contribution in [0, 0.1) is 0 Å². The molecule has 0 unspecified atom stereocenters. The number of rotatable bonds is 23. The molecule has 0 bridgehead atoms. The first-order valence-corrected chi connectivity index (χ1v) is 18.8. The quantitative estimate of drug-likeness (QED) is 0.0994. The van der Waals surface area contributed by atoms with Crippen LogP contribution in [0.15, 0.2) is 60.7 Å². The van der Waals surface area contributed by atoms with E-state index in [4.69, 9.17) is 9.47 Å². The molecule has 1 aliphatic carbocycles. The van der Waals surface area contributed by atoms with Crippen molar-refractivity contribution in [3.8, 4) is 33.8 Å². The molecule has 0 radical (unpaired) electrons. The number of hydrogen-bond acceptors (Lipinski definition) is 2. The molecule has 0 aromatic heterocycles. The van der Waals surface area contributed by atoms with Crippen molar-refractivity contribution < 1.29 is 9.47 Å². The minimum atomic E-state index is 0.0813. The van der Waals surface area contributed by atoms with Crippen LogP contribution in [0.5, 0.6) is 11.5 Å². The average Bonchev–Trinajstić information content (AvgIpc) is 3.34. The van der Waals surface area contributed by atoms with E-state index in [0.717, 1.165) is 37.6 Å². The Bertz CT molecular complexity index is 1260. The second kappa shape index (κ2) is 19.0. The van der Waals surface area contributed by atoms with Crippen LogP contribution in [-0.4, -0.2) is 13.2 Å². The summed E-state index contributed by atoms with van der Waals surface area (Å²) >= 11 is 0. The van der Waals surface area contributed by atoms with E-state index in [0.29, 0.717) is 0 Å². The summed E-state index contributed by atoms with van der Waals surface area (Å²) in [5.74, 6) is 1.94. The lowest BCUT2D eigenvalue weighted by atomic mass is 9.70. The van der Waals surface area contributed by atoms with E-state index in [1.807, 2.05) is 0 Å². The van der Waals surface area contributed by atoms with Crippen LogP contribution in [0.2, 0.25) is 0 Å². The molecule has 0 aliphatic heterocycles. The third-order valence-corrected chi connectivity index (χ3v) is 9.97. The summed E-state index contributed by atoms with van der Waals surface area (Å²) in [6.45, 7) is 10.7. The molecule has 0 amide bonds. The number of benzene rings is 3. The lowest BCUT2D eigenvalue weighted by Gasteiger charge is -2.33. The van der Waals surface area contributed by atoms with Gasteiger partial charge in [-0.1, -0.05) is 154 Å². The first-order valence-electron chi connectivity index (χ1n) is 18.8. The van der Waals surface area contributed by atoms with Crippen molar-refractivity contribution in [1.29, 1.82) is 0 Å². The highest BCUT2D eigenvalue weighted by Crippen LogP contribution is 2.55. The van der Waals surface area contributed by atoms with Gasteiger partial charge in [0.25, 0.3) is 0 Å². The molecule has 0 N–H and O–H groups in total. The van der Waals surface area contributed by atoms with Gasteiger partial charge in [0.15, 0.2) is 0 Å². The fourth-order valence-corrected chi connectivity index (χ4v) is 7.37. The van der Waals surface area contributed by atoms with Crippen molar-refractivity contribution in [1.82, 2.24) is 0 Å². The van der Waals surface area contributed by atoms with Gasteiger partial charge in [-0.2, -0.15) is 0 Å². The van der Waals surface area contributed by atoms with E-state index < -0.39 is 0 Å². The van der Waals surface area contributed by atoms with Gasteiger partial charge in [-0.25, -0.2) is 0 Å². The van der Waals surface area contributed by atoms with Gasteiger partial charge in [-0.05, 0) is 77.8 Å². The van der Waals surface area contributed by atoms with Crippen LogP contribution in [0.3, 0.4) is 0 Å². The summed E-state index contributed by atoms with van der Waals surface area (Å²) in [4.78, 5) is 0. The highest BCUT2D eigenvalue weighted by Gasteiger charge is 2.42. The molecule has 3 aromatic rings. The fourth-order valence-electron chi connectivity index (χ4n) is 7.37. The molecule has 4 rings (SSSR count). The molecule has 0 fully saturated rings. The Morgan fingerprint density at radius 3 is 1.69 bits per heavy atom. The lowest BCUT2D eigenvalue weighted by Crippen LogP contribution is -2.25. The van der Waals surface area contributed by atoms with Crippen molar-refractivity contribution in [2.75, 3.05) is 13.2 Å². The summed E-state index contributed by atoms with van der Waals surface area (Å²) in [5.41, 5.74) is 8.48. The summed E-state index contributed by atoms with van der Waals surface area (Å²) in [5, 5.41) is 0. The van der Waals surface area contributed by atoms with E-state index in [1.165, 1.54) is 131 Å². The van der Waals surface area contributed by atoms with E-state index in [-0.39, 0.29) is 5.41 Å². The maximum Gasteiger partial charge on any atom is 0.127 e. The van der Waals surface area contributed by atoms with E-state index in [9.17, 15) is 0 Å². The van der Waals surface area contributed by atoms with Crippen molar-refractivity contribution in [3.63, 3.8) is 0 Å². The normalized spacial score (nSPS) is 13.1. The number of ether oxygens (including phenoxy) is 2. The van der Waals surface area contributed by atoms with Crippen LogP contribution in [0.25, 0.3) is 22.3 Å². The van der Waals surface area contributed by atoms with Crippen molar-refractivity contribution in [2.45, 2.75) is 149 Å². The molecule has 246 valence electrons. The fraction of sp³-hybridized carbons (Fsp3) is 0.581. The zero-order valence-electron chi connectivity index (χ0n) is 29.2. The maximum absolute atomic E-state index is 6.51. The van der Waals surface area contributed by atoms with Gasteiger partial charge in [0, 0.05) is 11.0 Å². The molecule has 0 atom stereocenters. The average molecular weight is 611 g/mol. The van der Waals surface area contributed by atoms with Crippen LogP contribution in [0.1, 0.15) is 154 Å². The summed E-state index contributed by atoms with van der Waals surface area (Å²) < 4.78 is 12.8. The number of unbranched alkanes of at least 4 members (excludes halogenated alkanes) is 12. The minimum absolute atomic E-state index is 0.0813. The smallest absolute Gasteiger partial charge is 0.127 e. The van der Waals surface area contributed by atoms with Gasteiger partial charge in [-0.3, -0.25) is 0 Å². The van der Waals surface area contributed by atoms with Crippen molar-refractivity contribution in [2.24, 2.45) is 0 Å². The Kier molecular flexibility index (Phi) is 14.9. The SMILES string of the molecule is CCCCCCOc1ccc(OCCCCCC)c(-c2ccc3c(c2)C(CCCCCC)(CCCCCC)c2ccccc2-3)c1. The molecule has 1 aliphatic rings. The van der Waals surface area contributed by atoms with Gasteiger partial charge >= 0.3 is 0 Å². The zero-order valence-corrected chi connectivity index (χ0v) is 29.2. The second-order valence-corrected chi connectivity index (χ2v) is 13.5. The molecule has 3 aromatic carbocycles. The predicted octanol–water partition coefficient (Wildman–Crippen LogP) is 13.5. The molecule has 45 heavy (non-hydrogen) atoms. The Morgan fingerprint density at radius 2 is 1.04 bits per heavy atom. The number of hydrogen-bond donors (Lipinski definition) is 0. The van der Waals surface area contributed by atoms with E-state index in [2.05, 4.69) is 88.4 Å². The van der Waals surface area contributed by atoms with Gasteiger partial charge in [0.2, 0.25) is 0 Å². The topological polar surface area (TPSA) is 18.5 Å². The Labute approximate surface area is 276 Å². The standard InChI is InChI=1S/C43H62O2/c1-5-9-13-19-29-43(30-20-14-10-6-2)40-24-18-17-23-37(40)38-27-25-35(33-41(38)43)39-34-36(44-31-21-15-11-7-3)26-28-42(39)45-32-22-16-12-8-4/h17-18,23-28,33-34H,5-16,19-22,29-32H2,1-4H3. The largest absolute Gasteiger partial charge is 0.494 e. The lowest BCUT2D eigenvalue weighted by molar-refractivity contribution is 0.298.